The summed E-state index contributed by atoms with van der Waals surface area (Å²) in [6.45, 7) is 1.55. The molecule has 38 heavy (non-hydrogen) atoms. The number of rotatable bonds is 8. The summed E-state index contributed by atoms with van der Waals surface area (Å²) >= 11 is 0. The lowest BCUT2D eigenvalue weighted by Crippen LogP contribution is -2.63. The van der Waals surface area contributed by atoms with Gasteiger partial charge in [0.05, 0.1) is 11.0 Å². The van der Waals surface area contributed by atoms with Crippen molar-refractivity contribution in [3.63, 3.8) is 0 Å². The van der Waals surface area contributed by atoms with E-state index in [0.717, 1.165) is 22.0 Å². The molecule has 0 saturated carbocycles. The summed E-state index contributed by atoms with van der Waals surface area (Å²) in [5, 5.41) is 9.97. The van der Waals surface area contributed by atoms with E-state index in [0.29, 0.717) is 50.1 Å². The van der Waals surface area contributed by atoms with E-state index in [4.69, 9.17) is 0 Å². The molecule has 9 nitrogen and oxygen atoms in total. The van der Waals surface area contributed by atoms with Crippen molar-refractivity contribution in [3.05, 3.63) is 76.1 Å². The molecule has 1 fully saturated rings. The number of amides is 2. The topological polar surface area (TPSA) is 121 Å². The lowest BCUT2D eigenvalue weighted by Gasteiger charge is -2.37. The second-order valence-corrected chi connectivity index (χ2v) is 9.80. The van der Waals surface area contributed by atoms with Gasteiger partial charge in [0.1, 0.15) is 17.1 Å². The minimum Gasteiger partial charge on any atom is -0.361 e. The molecule has 1 aliphatic heterocycles. The molecule has 2 amide bonds. The number of para-hydroxylation sites is 2. The lowest BCUT2D eigenvalue weighted by molar-refractivity contribution is -0.134. The minimum absolute atomic E-state index is 0.0456. The van der Waals surface area contributed by atoms with Crippen molar-refractivity contribution < 1.29 is 14.0 Å². The van der Waals surface area contributed by atoms with Crippen molar-refractivity contribution in [2.75, 3.05) is 19.6 Å². The first-order valence-corrected chi connectivity index (χ1v) is 12.9. The molecule has 2 aromatic carbocycles. The summed E-state index contributed by atoms with van der Waals surface area (Å²) in [4.78, 5) is 46.7. The van der Waals surface area contributed by atoms with Gasteiger partial charge in [-0.15, -0.1) is 0 Å². The van der Waals surface area contributed by atoms with E-state index >= 15 is 0 Å². The van der Waals surface area contributed by atoms with Crippen molar-refractivity contribution in [1.29, 1.82) is 0 Å². The van der Waals surface area contributed by atoms with E-state index in [1.165, 1.54) is 12.1 Å². The van der Waals surface area contributed by atoms with Crippen molar-refractivity contribution in [3.8, 4) is 0 Å². The number of benzene rings is 2. The van der Waals surface area contributed by atoms with Crippen molar-refractivity contribution in [2.45, 2.75) is 37.6 Å². The van der Waals surface area contributed by atoms with Crippen molar-refractivity contribution in [1.82, 2.24) is 30.5 Å². The molecule has 2 aromatic heterocycles. The average molecular weight is 519 g/mol. The number of aromatic amines is 1. The molecule has 4 aromatic rings. The maximum atomic E-state index is 13.7. The van der Waals surface area contributed by atoms with Crippen LogP contribution in [0.3, 0.4) is 0 Å². The molecule has 1 saturated heterocycles. The number of hydrogen-bond acceptors (Lipinski definition) is 5. The highest BCUT2D eigenvalue weighted by Gasteiger charge is 2.40. The smallest absolute Gasteiger partial charge is 0.272 e. The third-order valence-electron chi connectivity index (χ3n) is 7.32. The van der Waals surface area contributed by atoms with Gasteiger partial charge in [-0.05, 0) is 68.2 Å². The number of piperidine rings is 1. The van der Waals surface area contributed by atoms with Gasteiger partial charge in [0.15, 0.2) is 0 Å². The molecule has 3 heterocycles. The van der Waals surface area contributed by atoms with E-state index in [1.807, 2.05) is 30.5 Å². The number of fused-ring (bicyclic) bond motifs is 2. The summed E-state index contributed by atoms with van der Waals surface area (Å²) in [7, 11) is 1.69. The molecule has 4 N–H and O–H groups in total. The maximum Gasteiger partial charge on any atom is 0.272 e. The number of aromatic nitrogens is 3. The molecule has 0 unspecified atom stereocenters. The summed E-state index contributed by atoms with van der Waals surface area (Å²) < 4.78 is 15.2. The molecular formula is C28H31FN6O3. The number of hydrogen-bond donors (Lipinski definition) is 4. The Morgan fingerprint density at radius 1 is 1.13 bits per heavy atom. The fourth-order valence-electron chi connectivity index (χ4n) is 5.16. The monoisotopic (exact) mass is 518 g/mol. The van der Waals surface area contributed by atoms with Gasteiger partial charge in [0.2, 0.25) is 11.8 Å². The number of carbonyl (C=O) groups is 2. The van der Waals surface area contributed by atoms with Gasteiger partial charge in [-0.25, -0.2) is 9.37 Å². The Bertz CT molecular complexity index is 1550. The fraction of sp³-hybridized carbons (Fsp3) is 0.357. The quantitative estimate of drug-likeness (QED) is 0.285. The van der Waals surface area contributed by atoms with Gasteiger partial charge in [-0.2, -0.15) is 0 Å². The number of halogens is 1. The zero-order chi connectivity index (χ0) is 26.7. The molecule has 0 bridgehead atoms. The molecule has 0 radical (unpaired) electrons. The highest BCUT2D eigenvalue weighted by Crippen LogP contribution is 2.21. The van der Waals surface area contributed by atoms with Gasteiger partial charge >= 0.3 is 0 Å². The molecule has 5 rings (SSSR count). The summed E-state index contributed by atoms with van der Waals surface area (Å²) in [6, 6.07) is 11.9. The number of carbonyl (C=O) groups excluding carboxylic acids is 2. The van der Waals surface area contributed by atoms with E-state index in [9.17, 15) is 18.8 Å². The van der Waals surface area contributed by atoms with Crippen LogP contribution in [0.5, 0.6) is 0 Å². The first-order chi connectivity index (χ1) is 18.4. The first kappa shape index (κ1) is 25.6. The minimum atomic E-state index is -1.03. The highest BCUT2D eigenvalue weighted by molar-refractivity contribution is 5.92. The molecule has 10 heteroatoms. The van der Waals surface area contributed by atoms with Crippen LogP contribution in [0.25, 0.3) is 21.9 Å². The van der Waals surface area contributed by atoms with Gasteiger partial charge in [-0.3, -0.25) is 14.4 Å². The van der Waals surface area contributed by atoms with E-state index in [1.54, 1.807) is 17.7 Å². The SMILES string of the molecule is Cn1c(=O)c(CCC(=O)NC2(C(=O)NCCc3c[nH]c4ccc(F)cc34)CCNCC2)nc2ccccc21. The van der Waals surface area contributed by atoms with Crippen LogP contribution in [-0.2, 0) is 29.5 Å². The molecule has 198 valence electrons. The molecule has 0 spiro atoms. The predicted octanol–water partition coefficient (Wildman–Crippen LogP) is 2.08. The maximum absolute atomic E-state index is 13.7. The third-order valence-corrected chi connectivity index (χ3v) is 7.32. The predicted molar refractivity (Wildman–Crippen MR) is 143 cm³/mol. The largest absolute Gasteiger partial charge is 0.361 e. The van der Waals surface area contributed by atoms with Crippen LogP contribution >= 0.6 is 0 Å². The number of H-pyrrole nitrogens is 1. The third kappa shape index (κ3) is 5.17. The van der Waals surface area contributed by atoms with Crippen LogP contribution in [0.2, 0.25) is 0 Å². The Morgan fingerprint density at radius 2 is 1.92 bits per heavy atom. The van der Waals surface area contributed by atoms with Crippen LogP contribution in [0.1, 0.15) is 30.5 Å². The van der Waals surface area contributed by atoms with Gasteiger partial charge in [-0.1, -0.05) is 12.1 Å². The Balaban J connectivity index is 1.23. The fourth-order valence-corrected chi connectivity index (χ4v) is 5.16. The van der Waals surface area contributed by atoms with Crippen LogP contribution < -0.4 is 21.5 Å². The summed E-state index contributed by atoms with van der Waals surface area (Å²) in [5.74, 6) is -0.847. The molecule has 1 aliphatic rings. The molecule has 0 aliphatic carbocycles. The normalized spacial score (nSPS) is 15.0. The van der Waals surface area contributed by atoms with Gasteiger partial charge < -0.3 is 25.5 Å². The number of aryl methyl sites for hydroxylation is 2. The average Bonchev–Trinajstić information content (AvgIpc) is 3.32. The highest BCUT2D eigenvalue weighted by atomic mass is 19.1. The van der Waals surface area contributed by atoms with E-state index in [2.05, 4.69) is 25.9 Å². The standard InChI is InChI=1S/C28H31FN6O3/c1-35-24-5-3-2-4-22(24)33-23(26(35)37)8-9-25(36)34-28(11-14-30-15-12-28)27(38)31-13-10-18-17-32-21-7-6-19(29)16-20(18)21/h2-7,16-17,30,32H,8-15H2,1H3,(H,31,38)(H,34,36). The van der Waals surface area contributed by atoms with E-state index in [-0.39, 0.29) is 36.0 Å². The summed E-state index contributed by atoms with van der Waals surface area (Å²) in [5.41, 5.74) is 2.23. The Kier molecular flexibility index (Phi) is 7.24. The number of nitrogens with one attached hydrogen (secondary N) is 4. The second kappa shape index (κ2) is 10.7. The Labute approximate surface area is 218 Å². The first-order valence-electron chi connectivity index (χ1n) is 12.9. The molecule has 0 atom stereocenters. The Hall–Kier alpha value is -4.05. The number of nitrogens with zero attached hydrogens (tertiary/aromatic N) is 2. The van der Waals surface area contributed by atoms with E-state index < -0.39 is 5.54 Å². The van der Waals surface area contributed by atoms with Crippen molar-refractivity contribution in [2.24, 2.45) is 7.05 Å². The van der Waals surface area contributed by atoms with Crippen LogP contribution in [0.4, 0.5) is 4.39 Å². The van der Waals surface area contributed by atoms with Crippen LogP contribution in [0.15, 0.2) is 53.5 Å². The van der Waals surface area contributed by atoms with Gasteiger partial charge in [0, 0.05) is 43.5 Å². The van der Waals surface area contributed by atoms with Gasteiger partial charge in [0.25, 0.3) is 5.56 Å². The van der Waals surface area contributed by atoms with Crippen LogP contribution in [-0.4, -0.2) is 51.5 Å². The second-order valence-electron chi connectivity index (χ2n) is 9.80. The molecular weight excluding hydrogens is 487 g/mol. The lowest BCUT2D eigenvalue weighted by atomic mass is 9.86. The van der Waals surface area contributed by atoms with Crippen LogP contribution in [0, 0.1) is 5.82 Å². The zero-order valence-corrected chi connectivity index (χ0v) is 21.3. The zero-order valence-electron chi connectivity index (χ0n) is 21.3. The Morgan fingerprint density at radius 3 is 2.74 bits per heavy atom. The summed E-state index contributed by atoms with van der Waals surface area (Å²) in [6.07, 6.45) is 3.48. The van der Waals surface area contributed by atoms with Crippen molar-refractivity contribution >= 4 is 33.8 Å².